The quantitative estimate of drug-likeness (QED) is 0.605. The van der Waals surface area contributed by atoms with Crippen LogP contribution < -0.4 is 19.7 Å². The van der Waals surface area contributed by atoms with E-state index in [-0.39, 0.29) is 5.54 Å². The van der Waals surface area contributed by atoms with Crippen LogP contribution in [0.15, 0.2) is 30.3 Å². The summed E-state index contributed by atoms with van der Waals surface area (Å²) in [6, 6.07) is 11.2. The molecular weight excluding hydrogens is 426 g/mol. The Morgan fingerprint density at radius 3 is 2.07 bits per heavy atom. The van der Waals surface area contributed by atoms with E-state index >= 15 is 0 Å². The summed E-state index contributed by atoms with van der Waals surface area (Å²) in [5.74, 6) is 0. The first-order valence-electron chi connectivity index (χ1n) is 9.84. The van der Waals surface area contributed by atoms with E-state index in [4.69, 9.17) is 0 Å². The molecular formula is C24H34MoN3. The molecule has 2 aromatic carbocycles. The second kappa shape index (κ2) is 7.78. The van der Waals surface area contributed by atoms with Crippen LogP contribution in [0, 0.1) is 10.4 Å². The van der Waals surface area contributed by atoms with Crippen LogP contribution in [-0.4, -0.2) is 40.6 Å². The first-order valence-corrected chi connectivity index (χ1v) is 12.6. The molecule has 0 bridgehead atoms. The van der Waals surface area contributed by atoms with Gasteiger partial charge in [0.15, 0.2) is 0 Å². The number of benzene rings is 2. The number of hydrogen-bond donors (Lipinski definition) is 1. The van der Waals surface area contributed by atoms with Gasteiger partial charge in [0.1, 0.15) is 0 Å². The summed E-state index contributed by atoms with van der Waals surface area (Å²) >= 11 is -1.92. The maximum absolute atomic E-state index is 3.82. The van der Waals surface area contributed by atoms with Crippen molar-refractivity contribution >= 4 is 21.3 Å². The van der Waals surface area contributed by atoms with Crippen LogP contribution in [0.1, 0.15) is 40.2 Å². The van der Waals surface area contributed by atoms with Crippen LogP contribution in [0.2, 0.25) is 0 Å². The zero-order valence-corrected chi connectivity index (χ0v) is 20.8. The van der Waals surface area contributed by atoms with Crippen LogP contribution >= 0.6 is 0 Å². The number of fused-ring (bicyclic) bond motifs is 2. The van der Waals surface area contributed by atoms with Crippen molar-refractivity contribution in [2.45, 2.75) is 40.2 Å². The number of rotatable bonds is 4. The van der Waals surface area contributed by atoms with Gasteiger partial charge in [-0.25, -0.2) is 0 Å². The molecule has 0 atom stereocenters. The fraction of sp³-hybridized carbons (Fsp3) is 0.417. The van der Waals surface area contributed by atoms with E-state index in [1.807, 2.05) is 0 Å². The van der Waals surface area contributed by atoms with Crippen molar-refractivity contribution in [3.8, 4) is 0 Å². The normalized spacial score (nSPS) is 13.0. The van der Waals surface area contributed by atoms with Gasteiger partial charge in [0.25, 0.3) is 0 Å². The van der Waals surface area contributed by atoms with Gasteiger partial charge in [-0.1, -0.05) is 0 Å². The van der Waals surface area contributed by atoms with Crippen LogP contribution in [0.4, 0.5) is 5.69 Å². The molecule has 3 nitrogen and oxygen atoms in total. The minimum atomic E-state index is -1.92. The Kier molecular flexibility index (Phi) is 5.92. The molecule has 0 radical (unpaired) electrons. The van der Waals surface area contributed by atoms with Crippen LogP contribution in [0.25, 0.3) is 11.6 Å². The molecule has 0 heterocycles. The monoisotopic (exact) mass is 462 g/mol. The SMILES string of the molecule is CC(C)=c1c(NC(C)(C)C)cc2c([c]1[Mo]([N](C)C)[N](C)C)C=c1ccccc1=2. The second-order valence-corrected chi connectivity index (χ2v) is 15.0. The van der Waals surface area contributed by atoms with Crippen molar-refractivity contribution in [1.82, 2.24) is 6.92 Å². The summed E-state index contributed by atoms with van der Waals surface area (Å²) < 4.78 is 6.51. The molecule has 1 aliphatic carbocycles. The van der Waals surface area contributed by atoms with Crippen LogP contribution in [0.3, 0.4) is 0 Å². The molecule has 0 aromatic heterocycles. The van der Waals surface area contributed by atoms with E-state index in [0.29, 0.717) is 0 Å². The Balaban J connectivity index is 2.56. The number of hydrogen-bond acceptors (Lipinski definition) is 3. The molecule has 28 heavy (non-hydrogen) atoms. The second-order valence-electron chi connectivity index (χ2n) is 9.09. The standard InChI is InChI=1S/C20H22N.2C2H6N.Mo/c1-13(2)17-11-15-10-14-8-6-7-9-16(14)18(15)12-19(17)21-20(3,4)5;2*1-3-2;/h6-10,12,21H,1-5H3;2*1-2H3;/q;2*-1;+2. The summed E-state index contributed by atoms with van der Waals surface area (Å²) in [7, 11) is 8.96. The Hall–Kier alpha value is -1.41. The molecule has 151 valence electrons. The van der Waals surface area contributed by atoms with Crippen molar-refractivity contribution in [2.75, 3.05) is 33.5 Å². The molecule has 0 amide bonds. The van der Waals surface area contributed by atoms with E-state index in [1.54, 1.807) is 3.95 Å². The summed E-state index contributed by atoms with van der Waals surface area (Å²) in [6.07, 6.45) is 2.41. The molecule has 3 rings (SSSR count). The van der Waals surface area contributed by atoms with Gasteiger partial charge in [0.2, 0.25) is 0 Å². The minimum absolute atomic E-state index is 0.00825. The van der Waals surface area contributed by atoms with E-state index in [1.165, 1.54) is 37.7 Å². The van der Waals surface area contributed by atoms with Crippen LogP contribution in [-0.2, 0) is 17.8 Å². The Labute approximate surface area is 176 Å². The maximum atomic E-state index is 3.82. The Morgan fingerprint density at radius 2 is 1.54 bits per heavy atom. The molecule has 1 aliphatic rings. The number of anilines is 1. The van der Waals surface area contributed by atoms with Crippen molar-refractivity contribution in [1.29, 1.82) is 0 Å². The summed E-state index contributed by atoms with van der Waals surface area (Å²) in [4.78, 5) is 0. The average molecular weight is 460 g/mol. The van der Waals surface area contributed by atoms with Crippen molar-refractivity contribution in [3.05, 3.63) is 56.8 Å². The van der Waals surface area contributed by atoms with Gasteiger partial charge < -0.3 is 0 Å². The molecule has 1 N–H and O–H groups in total. The van der Waals surface area contributed by atoms with E-state index in [2.05, 4.69) is 111 Å². The zero-order chi connectivity index (χ0) is 20.8. The van der Waals surface area contributed by atoms with E-state index < -0.39 is 17.8 Å². The molecule has 0 saturated carbocycles. The van der Waals surface area contributed by atoms with Crippen molar-refractivity contribution in [2.24, 2.45) is 0 Å². The van der Waals surface area contributed by atoms with Crippen molar-refractivity contribution in [3.63, 3.8) is 0 Å². The first kappa shape index (κ1) is 21.3. The van der Waals surface area contributed by atoms with Gasteiger partial charge in [0.05, 0.1) is 0 Å². The fourth-order valence-electron chi connectivity index (χ4n) is 3.94. The molecule has 0 spiro atoms. The zero-order valence-electron chi connectivity index (χ0n) is 18.8. The third kappa shape index (κ3) is 3.99. The third-order valence-corrected chi connectivity index (χ3v) is 10.1. The van der Waals surface area contributed by atoms with Gasteiger partial charge >= 0.3 is 176 Å². The van der Waals surface area contributed by atoms with Gasteiger partial charge in [-0.3, -0.25) is 0 Å². The van der Waals surface area contributed by atoms with Crippen molar-refractivity contribution < 1.29 is 17.8 Å². The molecule has 4 heteroatoms. The molecule has 0 saturated heterocycles. The average Bonchev–Trinajstić information content (AvgIpc) is 2.91. The van der Waals surface area contributed by atoms with E-state index in [9.17, 15) is 0 Å². The van der Waals surface area contributed by atoms with Crippen LogP contribution in [0.5, 0.6) is 0 Å². The fourth-order valence-corrected chi connectivity index (χ4v) is 9.46. The number of nitrogens with one attached hydrogen (secondary N) is 1. The summed E-state index contributed by atoms with van der Waals surface area (Å²) in [5, 5.41) is 9.29. The predicted molar refractivity (Wildman–Crippen MR) is 119 cm³/mol. The van der Waals surface area contributed by atoms with E-state index in [0.717, 1.165) is 0 Å². The van der Waals surface area contributed by atoms with Gasteiger partial charge in [-0.15, -0.1) is 0 Å². The third-order valence-electron chi connectivity index (χ3n) is 4.75. The molecule has 0 aliphatic heterocycles. The molecule has 2 aromatic rings. The topological polar surface area (TPSA) is 18.5 Å². The molecule has 0 unspecified atom stereocenters. The summed E-state index contributed by atoms with van der Waals surface area (Å²) in [5.41, 5.74) is 4.08. The van der Waals surface area contributed by atoms with Gasteiger partial charge in [0, 0.05) is 0 Å². The summed E-state index contributed by atoms with van der Waals surface area (Å²) in [6.45, 7) is 11.2. The first-order chi connectivity index (χ1) is 13.0. The Bertz CT molecular complexity index is 1100. The Morgan fingerprint density at radius 1 is 0.929 bits per heavy atom. The predicted octanol–water partition coefficient (Wildman–Crippen LogP) is 2.71. The molecule has 0 fully saturated rings. The number of nitrogens with zero attached hydrogens (tertiary/aromatic N) is 2. The van der Waals surface area contributed by atoms with Gasteiger partial charge in [-0.2, -0.15) is 0 Å². The van der Waals surface area contributed by atoms with Gasteiger partial charge in [-0.05, 0) is 0 Å².